The lowest BCUT2D eigenvalue weighted by molar-refractivity contribution is -0.116. The van der Waals surface area contributed by atoms with Crippen LogP contribution in [-0.2, 0) is 9.53 Å². The van der Waals surface area contributed by atoms with Crippen molar-refractivity contribution in [3.63, 3.8) is 0 Å². The molecule has 2 aliphatic rings. The molecule has 0 radical (unpaired) electrons. The van der Waals surface area contributed by atoms with Crippen molar-refractivity contribution in [2.75, 3.05) is 0 Å². The van der Waals surface area contributed by atoms with Crippen LogP contribution in [0.5, 0.6) is 0 Å². The van der Waals surface area contributed by atoms with Crippen molar-refractivity contribution in [2.24, 2.45) is 5.73 Å². The maximum Gasteiger partial charge on any atom is 0.205 e. The van der Waals surface area contributed by atoms with Crippen LogP contribution in [0, 0.1) is 11.3 Å². The minimum Gasteiger partial charge on any atom is -0.444 e. The molecular formula is C16H12Cl2N2O2. The summed E-state index contributed by atoms with van der Waals surface area (Å²) in [6.07, 6.45) is 1.76. The molecule has 0 spiro atoms. The van der Waals surface area contributed by atoms with Gasteiger partial charge in [0.2, 0.25) is 5.88 Å². The smallest absolute Gasteiger partial charge is 0.205 e. The predicted octanol–water partition coefficient (Wildman–Crippen LogP) is 3.81. The number of allylic oxidation sites excluding steroid dienone is 3. The van der Waals surface area contributed by atoms with E-state index in [0.29, 0.717) is 46.2 Å². The Kier molecular flexibility index (Phi) is 3.86. The molecule has 3 rings (SSSR count). The van der Waals surface area contributed by atoms with E-state index in [1.807, 2.05) is 6.07 Å². The van der Waals surface area contributed by atoms with E-state index in [2.05, 4.69) is 0 Å². The van der Waals surface area contributed by atoms with Crippen molar-refractivity contribution < 1.29 is 9.53 Å². The van der Waals surface area contributed by atoms with Gasteiger partial charge in [-0.1, -0.05) is 35.3 Å². The van der Waals surface area contributed by atoms with Crippen molar-refractivity contribution in [3.8, 4) is 6.07 Å². The summed E-state index contributed by atoms with van der Waals surface area (Å²) in [5.41, 5.74) is 7.13. The first-order chi connectivity index (χ1) is 10.5. The number of ether oxygens (including phenoxy) is 1. The van der Waals surface area contributed by atoms with Crippen LogP contribution in [-0.4, -0.2) is 5.78 Å². The molecule has 6 heteroatoms. The van der Waals surface area contributed by atoms with E-state index in [1.165, 1.54) is 0 Å². The van der Waals surface area contributed by atoms with Crippen LogP contribution in [0.3, 0.4) is 0 Å². The molecular weight excluding hydrogens is 323 g/mol. The second-order valence-electron chi connectivity index (χ2n) is 5.18. The first kappa shape index (κ1) is 15.0. The number of nitriles is 1. The lowest BCUT2D eigenvalue weighted by Crippen LogP contribution is -2.27. The summed E-state index contributed by atoms with van der Waals surface area (Å²) in [5.74, 6) is -0.0962. The van der Waals surface area contributed by atoms with E-state index in [1.54, 1.807) is 18.2 Å². The highest BCUT2D eigenvalue weighted by atomic mass is 35.5. The summed E-state index contributed by atoms with van der Waals surface area (Å²) < 4.78 is 5.50. The Bertz CT molecular complexity index is 775. The third-order valence-electron chi connectivity index (χ3n) is 3.90. The number of nitrogens with two attached hydrogens (primary N) is 1. The molecule has 0 amide bonds. The van der Waals surface area contributed by atoms with Crippen molar-refractivity contribution in [2.45, 2.75) is 25.2 Å². The Morgan fingerprint density at radius 1 is 1.32 bits per heavy atom. The third-order valence-corrected chi connectivity index (χ3v) is 4.73. The highest BCUT2D eigenvalue weighted by Crippen LogP contribution is 2.46. The van der Waals surface area contributed by atoms with Crippen LogP contribution in [0.4, 0.5) is 0 Å². The molecule has 1 atom stereocenters. The minimum atomic E-state index is -0.618. The standard InChI is InChI=1S/C16H12Cl2N2O2/c17-10-4-1-3-8(15(10)18)13-9(7-19)16(20)22-12-6-2-5-11(21)14(12)13/h1,3-4,13H,2,5-6,20H2/t13-/m1/s1. The van der Waals surface area contributed by atoms with E-state index in [-0.39, 0.29) is 17.2 Å². The first-order valence-corrected chi connectivity index (χ1v) is 7.58. The summed E-state index contributed by atoms with van der Waals surface area (Å²) in [6.45, 7) is 0. The quantitative estimate of drug-likeness (QED) is 0.847. The molecule has 0 unspecified atom stereocenters. The van der Waals surface area contributed by atoms with Gasteiger partial charge >= 0.3 is 0 Å². The lowest BCUT2D eigenvalue weighted by atomic mass is 9.77. The summed E-state index contributed by atoms with van der Waals surface area (Å²) in [7, 11) is 0. The van der Waals surface area contributed by atoms with Crippen molar-refractivity contribution in [3.05, 3.63) is 56.6 Å². The normalized spacial score (nSPS) is 21.3. The molecule has 1 aliphatic carbocycles. The molecule has 0 saturated heterocycles. The van der Waals surface area contributed by atoms with E-state index in [0.717, 1.165) is 0 Å². The summed E-state index contributed by atoms with van der Waals surface area (Å²) in [4.78, 5) is 12.4. The molecule has 0 bridgehead atoms. The number of rotatable bonds is 1. The zero-order valence-corrected chi connectivity index (χ0v) is 13.0. The largest absolute Gasteiger partial charge is 0.444 e. The Labute approximate surface area is 137 Å². The Morgan fingerprint density at radius 3 is 2.82 bits per heavy atom. The van der Waals surface area contributed by atoms with Gasteiger partial charge in [-0.2, -0.15) is 5.26 Å². The van der Waals surface area contributed by atoms with E-state index >= 15 is 0 Å². The zero-order chi connectivity index (χ0) is 15.9. The maximum atomic E-state index is 12.4. The minimum absolute atomic E-state index is 0.0250. The number of hydrogen-bond donors (Lipinski definition) is 1. The van der Waals surface area contributed by atoms with Crippen LogP contribution in [0.2, 0.25) is 10.0 Å². The SMILES string of the molecule is N#CC1=C(N)OC2=C(C(=O)CCC2)[C@@H]1c1cccc(Cl)c1Cl. The highest BCUT2D eigenvalue weighted by molar-refractivity contribution is 6.42. The molecule has 0 aromatic heterocycles. The molecule has 112 valence electrons. The second kappa shape index (κ2) is 5.68. The van der Waals surface area contributed by atoms with Crippen LogP contribution >= 0.6 is 23.2 Å². The molecule has 0 fully saturated rings. The van der Waals surface area contributed by atoms with E-state index < -0.39 is 5.92 Å². The van der Waals surface area contributed by atoms with Gasteiger partial charge in [-0.15, -0.1) is 0 Å². The monoisotopic (exact) mass is 334 g/mol. The van der Waals surface area contributed by atoms with Crippen LogP contribution in [0.15, 0.2) is 41.0 Å². The fraction of sp³-hybridized carbons (Fsp3) is 0.250. The molecule has 1 aliphatic heterocycles. The predicted molar refractivity (Wildman–Crippen MR) is 83.0 cm³/mol. The summed E-state index contributed by atoms with van der Waals surface area (Å²) >= 11 is 12.4. The van der Waals surface area contributed by atoms with Gasteiger partial charge in [0, 0.05) is 18.4 Å². The number of ketones is 1. The van der Waals surface area contributed by atoms with Gasteiger partial charge in [0.15, 0.2) is 5.78 Å². The average molecular weight is 335 g/mol. The molecule has 2 N–H and O–H groups in total. The van der Waals surface area contributed by atoms with Gasteiger partial charge in [0.25, 0.3) is 0 Å². The Morgan fingerprint density at radius 2 is 2.09 bits per heavy atom. The van der Waals surface area contributed by atoms with Crippen LogP contribution in [0.25, 0.3) is 0 Å². The molecule has 0 saturated carbocycles. The first-order valence-electron chi connectivity index (χ1n) is 6.82. The number of benzene rings is 1. The zero-order valence-electron chi connectivity index (χ0n) is 11.5. The number of hydrogen-bond acceptors (Lipinski definition) is 4. The maximum absolute atomic E-state index is 12.4. The van der Waals surface area contributed by atoms with Crippen LogP contribution in [0.1, 0.15) is 30.7 Å². The van der Waals surface area contributed by atoms with Crippen LogP contribution < -0.4 is 5.73 Å². The van der Waals surface area contributed by atoms with E-state index in [4.69, 9.17) is 33.7 Å². The number of carbonyl (C=O) groups excluding carboxylic acids is 1. The Balaban J connectivity index is 2.25. The van der Waals surface area contributed by atoms with Gasteiger partial charge in [0.05, 0.1) is 16.0 Å². The van der Waals surface area contributed by atoms with Gasteiger partial charge in [-0.05, 0) is 18.1 Å². The lowest BCUT2D eigenvalue weighted by Gasteiger charge is -2.31. The van der Waals surface area contributed by atoms with Gasteiger partial charge < -0.3 is 10.5 Å². The fourth-order valence-corrected chi connectivity index (χ4v) is 3.33. The van der Waals surface area contributed by atoms with Crippen molar-refractivity contribution in [1.29, 1.82) is 5.26 Å². The van der Waals surface area contributed by atoms with E-state index in [9.17, 15) is 10.1 Å². The third kappa shape index (κ3) is 2.27. The number of carbonyl (C=O) groups is 1. The molecule has 22 heavy (non-hydrogen) atoms. The second-order valence-corrected chi connectivity index (χ2v) is 5.97. The molecule has 4 nitrogen and oxygen atoms in total. The summed E-state index contributed by atoms with van der Waals surface area (Å²) in [5, 5.41) is 10.1. The van der Waals surface area contributed by atoms with Crippen molar-refractivity contribution >= 4 is 29.0 Å². The highest BCUT2D eigenvalue weighted by Gasteiger charge is 2.38. The van der Waals surface area contributed by atoms with Crippen molar-refractivity contribution in [1.82, 2.24) is 0 Å². The fourth-order valence-electron chi connectivity index (χ4n) is 2.91. The topological polar surface area (TPSA) is 76.1 Å². The molecule has 1 heterocycles. The number of halogens is 2. The van der Waals surface area contributed by atoms with Gasteiger partial charge in [-0.3, -0.25) is 4.79 Å². The molecule has 1 aromatic carbocycles. The number of Topliss-reactive ketones (excluding diaryl/α,β-unsaturated/α-hetero) is 1. The number of nitrogens with zero attached hydrogens (tertiary/aromatic N) is 1. The average Bonchev–Trinajstić information content (AvgIpc) is 2.49. The molecule has 1 aromatic rings. The van der Waals surface area contributed by atoms with Gasteiger partial charge in [-0.25, -0.2) is 0 Å². The Hall–Kier alpha value is -1.96. The van der Waals surface area contributed by atoms with Gasteiger partial charge in [0.1, 0.15) is 17.4 Å². The summed E-state index contributed by atoms with van der Waals surface area (Å²) in [6, 6.07) is 7.19.